The molecule has 0 atom stereocenters. The molecule has 25 heavy (non-hydrogen) atoms. The van der Waals surface area contributed by atoms with E-state index in [9.17, 15) is 0 Å². The van der Waals surface area contributed by atoms with Crippen LogP contribution in [-0.2, 0) is 20.0 Å². The number of nitrogens with one attached hydrogen (secondary N) is 1. The van der Waals surface area contributed by atoms with Gasteiger partial charge in [-0.1, -0.05) is 30.3 Å². The number of hydrogen-bond donors (Lipinski definition) is 1. The first-order valence-electron chi connectivity index (χ1n) is 8.58. The van der Waals surface area contributed by atoms with Crippen molar-refractivity contribution in [2.24, 2.45) is 18.0 Å². The number of rotatable bonds is 4. The number of aromatic nitrogens is 3. The molecule has 1 N–H and O–H groups in total. The van der Waals surface area contributed by atoms with Gasteiger partial charge in [-0.15, -0.1) is 24.0 Å². The number of halogens is 1. The zero-order valence-corrected chi connectivity index (χ0v) is 17.3. The molecule has 1 saturated heterocycles. The van der Waals surface area contributed by atoms with Crippen molar-refractivity contribution in [3.63, 3.8) is 0 Å². The lowest BCUT2D eigenvalue weighted by molar-refractivity contribution is 0.258. The maximum Gasteiger partial charge on any atom is 0.194 e. The molecule has 0 bridgehead atoms. The van der Waals surface area contributed by atoms with Crippen LogP contribution in [0.4, 0.5) is 0 Å². The SMILES string of the molecule is CN=C(NCc1ncnn1C)N1CCC(Cc2ccccc2)CC1.I. The van der Waals surface area contributed by atoms with E-state index in [1.165, 1.54) is 24.8 Å². The molecule has 6 nitrogen and oxygen atoms in total. The first-order valence-corrected chi connectivity index (χ1v) is 8.58. The number of guanidine groups is 1. The van der Waals surface area contributed by atoms with Crippen LogP contribution in [0.1, 0.15) is 24.2 Å². The van der Waals surface area contributed by atoms with E-state index in [0.29, 0.717) is 6.54 Å². The lowest BCUT2D eigenvalue weighted by Gasteiger charge is -2.34. The van der Waals surface area contributed by atoms with E-state index in [1.54, 1.807) is 11.0 Å². The quantitative estimate of drug-likeness (QED) is 0.438. The summed E-state index contributed by atoms with van der Waals surface area (Å²) < 4.78 is 1.78. The molecule has 1 aliphatic rings. The van der Waals surface area contributed by atoms with Gasteiger partial charge in [0.2, 0.25) is 0 Å². The Labute approximate surface area is 166 Å². The number of benzene rings is 1. The first kappa shape index (κ1) is 19.7. The molecule has 1 aromatic carbocycles. The zero-order chi connectivity index (χ0) is 16.8. The van der Waals surface area contributed by atoms with E-state index in [4.69, 9.17) is 0 Å². The highest BCUT2D eigenvalue weighted by molar-refractivity contribution is 14.0. The average Bonchev–Trinajstić information content (AvgIpc) is 3.03. The molecule has 2 aromatic rings. The molecule has 0 amide bonds. The van der Waals surface area contributed by atoms with Gasteiger partial charge in [-0.25, -0.2) is 4.98 Å². The fourth-order valence-electron chi connectivity index (χ4n) is 3.27. The van der Waals surface area contributed by atoms with Crippen molar-refractivity contribution in [2.45, 2.75) is 25.8 Å². The third-order valence-electron chi connectivity index (χ3n) is 4.70. The van der Waals surface area contributed by atoms with Crippen LogP contribution in [-0.4, -0.2) is 45.8 Å². The highest BCUT2D eigenvalue weighted by Crippen LogP contribution is 2.21. The van der Waals surface area contributed by atoms with Crippen LogP contribution in [0.25, 0.3) is 0 Å². The van der Waals surface area contributed by atoms with Gasteiger partial charge in [-0.3, -0.25) is 9.67 Å². The topological polar surface area (TPSA) is 58.3 Å². The van der Waals surface area contributed by atoms with Gasteiger partial charge in [0.25, 0.3) is 0 Å². The van der Waals surface area contributed by atoms with Gasteiger partial charge in [0.05, 0.1) is 6.54 Å². The third kappa shape index (κ3) is 5.42. The normalized spacial score (nSPS) is 15.8. The lowest BCUT2D eigenvalue weighted by atomic mass is 9.90. The van der Waals surface area contributed by atoms with Gasteiger partial charge in [-0.05, 0) is 30.7 Å². The largest absolute Gasteiger partial charge is 0.349 e. The molecule has 3 rings (SSSR count). The smallest absolute Gasteiger partial charge is 0.194 e. The summed E-state index contributed by atoms with van der Waals surface area (Å²) in [5, 5.41) is 7.49. The Bertz CT molecular complexity index is 661. The summed E-state index contributed by atoms with van der Waals surface area (Å²) in [6.07, 6.45) is 5.17. The molecule has 0 spiro atoms. The Hall–Kier alpha value is -1.64. The Kier molecular flexibility index (Phi) is 7.67. The molecule has 1 aliphatic heterocycles. The van der Waals surface area contributed by atoms with Crippen molar-refractivity contribution >= 4 is 29.9 Å². The third-order valence-corrected chi connectivity index (χ3v) is 4.70. The van der Waals surface area contributed by atoms with E-state index in [1.807, 2.05) is 14.1 Å². The fraction of sp³-hybridized carbons (Fsp3) is 0.500. The predicted molar refractivity (Wildman–Crippen MR) is 111 cm³/mol. The molecular formula is C18H27IN6. The Balaban J connectivity index is 0.00000225. The summed E-state index contributed by atoms with van der Waals surface area (Å²) in [6, 6.07) is 10.8. The van der Waals surface area contributed by atoms with Crippen molar-refractivity contribution in [3.05, 3.63) is 48.0 Å². The Morgan fingerprint density at radius 3 is 2.56 bits per heavy atom. The van der Waals surface area contributed by atoms with Crippen LogP contribution in [0.2, 0.25) is 0 Å². The van der Waals surface area contributed by atoms with Gasteiger partial charge in [0.15, 0.2) is 5.96 Å². The van der Waals surface area contributed by atoms with Crippen molar-refractivity contribution in [1.82, 2.24) is 25.0 Å². The van der Waals surface area contributed by atoms with Crippen LogP contribution >= 0.6 is 24.0 Å². The van der Waals surface area contributed by atoms with E-state index >= 15 is 0 Å². The molecule has 136 valence electrons. The summed E-state index contributed by atoms with van der Waals surface area (Å²) in [6.45, 7) is 2.75. The second-order valence-corrected chi connectivity index (χ2v) is 6.32. The summed E-state index contributed by atoms with van der Waals surface area (Å²) in [5.74, 6) is 2.63. The predicted octanol–water partition coefficient (Wildman–Crippen LogP) is 2.46. The average molecular weight is 454 g/mol. The van der Waals surface area contributed by atoms with Crippen molar-refractivity contribution in [3.8, 4) is 0 Å². The van der Waals surface area contributed by atoms with Gasteiger partial charge in [0, 0.05) is 27.2 Å². The minimum atomic E-state index is 0. The standard InChI is InChI=1S/C18H26N6.HI/c1-19-18(20-13-17-21-14-22-23(17)2)24-10-8-16(9-11-24)12-15-6-4-3-5-7-15;/h3-7,14,16H,8-13H2,1-2H3,(H,19,20);1H. The maximum absolute atomic E-state index is 4.42. The van der Waals surface area contributed by atoms with Crippen LogP contribution in [0, 0.1) is 5.92 Å². The van der Waals surface area contributed by atoms with Gasteiger partial charge < -0.3 is 10.2 Å². The number of piperidine rings is 1. The van der Waals surface area contributed by atoms with Crippen molar-refractivity contribution < 1.29 is 0 Å². The van der Waals surface area contributed by atoms with Gasteiger partial charge in [-0.2, -0.15) is 5.10 Å². The monoisotopic (exact) mass is 454 g/mol. The molecule has 7 heteroatoms. The minimum Gasteiger partial charge on any atom is -0.349 e. The van der Waals surface area contributed by atoms with Crippen LogP contribution < -0.4 is 5.32 Å². The second-order valence-electron chi connectivity index (χ2n) is 6.32. The van der Waals surface area contributed by atoms with E-state index in [2.05, 4.69) is 55.6 Å². The van der Waals surface area contributed by atoms with E-state index in [0.717, 1.165) is 30.8 Å². The molecule has 0 radical (unpaired) electrons. The molecule has 0 saturated carbocycles. The van der Waals surface area contributed by atoms with Crippen LogP contribution in [0.15, 0.2) is 41.7 Å². The second kappa shape index (κ2) is 9.74. The van der Waals surface area contributed by atoms with Gasteiger partial charge in [0.1, 0.15) is 12.2 Å². The molecule has 2 heterocycles. The molecule has 0 unspecified atom stereocenters. The summed E-state index contributed by atoms with van der Waals surface area (Å²) in [5.41, 5.74) is 1.45. The zero-order valence-electron chi connectivity index (χ0n) is 14.9. The molecular weight excluding hydrogens is 427 g/mol. The fourth-order valence-corrected chi connectivity index (χ4v) is 3.27. The molecule has 1 fully saturated rings. The summed E-state index contributed by atoms with van der Waals surface area (Å²) in [7, 11) is 3.75. The van der Waals surface area contributed by atoms with Crippen LogP contribution in [0.5, 0.6) is 0 Å². The van der Waals surface area contributed by atoms with Crippen molar-refractivity contribution in [2.75, 3.05) is 20.1 Å². The highest BCUT2D eigenvalue weighted by Gasteiger charge is 2.21. The Morgan fingerprint density at radius 1 is 1.24 bits per heavy atom. The van der Waals surface area contributed by atoms with Crippen LogP contribution in [0.3, 0.4) is 0 Å². The van der Waals surface area contributed by atoms with Gasteiger partial charge >= 0.3 is 0 Å². The number of nitrogens with zero attached hydrogens (tertiary/aromatic N) is 5. The van der Waals surface area contributed by atoms with Crippen molar-refractivity contribution in [1.29, 1.82) is 0 Å². The number of hydrogen-bond acceptors (Lipinski definition) is 3. The highest BCUT2D eigenvalue weighted by atomic mass is 127. The first-order chi connectivity index (χ1) is 11.8. The Morgan fingerprint density at radius 2 is 1.96 bits per heavy atom. The number of aliphatic imine (C=N–C) groups is 1. The molecule has 1 aromatic heterocycles. The summed E-state index contributed by atoms with van der Waals surface area (Å²) >= 11 is 0. The van der Waals surface area contributed by atoms with E-state index < -0.39 is 0 Å². The van der Waals surface area contributed by atoms with E-state index in [-0.39, 0.29) is 24.0 Å². The summed E-state index contributed by atoms with van der Waals surface area (Å²) in [4.78, 5) is 11.0. The number of likely N-dealkylation sites (tertiary alicyclic amines) is 1. The minimum absolute atomic E-state index is 0. The molecule has 0 aliphatic carbocycles. The maximum atomic E-state index is 4.42. The lowest BCUT2D eigenvalue weighted by Crippen LogP contribution is -2.45. The number of aryl methyl sites for hydroxylation is 1.